The average molecular weight is 282 g/mol. The predicted molar refractivity (Wildman–Crippen MR) is 84.2 cm³/mol. The van der Waals surface area contributed by atoms with E-state index < -0.39 is 0 Å². The van der Waals surface area contributed by atoms with Crippen molar-refractivity contribution in [3.8, 4) is 17.2 Å². The molecule has 0 saturated heterocycles. The lowest BCUT2D eigenvalue weighted by atomic mass is 9.98. The summed E-state index contributed by atoms with van der Waals surface area (Å²) in [5.41, 5.74) is 9.45. The maximum atomic E-state index is 9.97. The van der Waals surface area contributed by atoms with Crippen molar-refractivity contribution in [2.45, 2.75) is 26.2 Å². The Bertz CT molecular complexity index is 793. The summed E-state index contributed by atoms with van der Waals surface area (Å²) < 4.78 is 5.73. The maximum Gasteiger partial charge on any atom is 0.231 e. The molecule has 21 heavy (non-hydrogen) atoms. The van der Waals surface area contributed by atoms with Crippen LogP contribution < -0.4 is 5.73 Å². The third-order valence-electron chi connectivity index (χ3n) is 3.85. The van der Waals surface area contributed by atoms with E-state index in [0.717, 1.165) is 11.9 Å². The van der Waals surface area contributed by atoms with Crippen LogP contribution >= 0.6 is 0 Å². The molecule has 0 fully saturated rings. The van der Waals surface area contributed by atoms with Gasteiger partial charge in [-0.05, 0) is 42.2 Å². The number of rotatable bonds is 3. The molecule has 0 unspecified atom stereocenters. The number of fused-ring (bicyclic) bond motifs is 1. The minimum atomic E-state index is 0.0729. The number of phenols is 1. The van der Waals surface area contributed by atoms with Gasteiger partial charge in [0.25, 0.3) is 0 Å². The van der Waals surface area contributed by atoms with Crippen molar-refractivity contribution in [2.24, 2.45) is 0 Å². The fraction of sp³-hybridized carbons (Fsp3) is 0.235. The van der Waals surface area contributed by atoms with E-state index in [9.17, 15) is 5.11 Å². The van der Waals surface area contributed by atoms with Crippen molar-refractivity contribution in [1.82, 2.24) is 4.98 Å². The lowest BCUT2D eigenvalue weighted by Gasteiger charge is -2.07. The van der Waals surface area contributed by atoms with Crippen molar-refractivity contribution in [3.63, 3.8) is 0 Å². The highest BCUT2D eigenvalue weighted by atomic mass is 16.3. The Morgan fingerprint density at radius 3 is 2.76 bits per heavy atom. The molecule has 1 aromatic heterocycles. The van der Waals surface area contributed by atoms with Crippen LogP contribution in [0.25, 0.3) is 22.6 Å². The van der Waals surface area contributed by atoms with Crippen LogP contribution in [0.5, 0.6) is 5.75 Å². The predicted octanol–water partition coefficient (Wildman–Crippen LogP) is 4.30. The molecule has 0 saturated carbocycles. The summed E-state index contributed by atoms with van der Waals surface area (Å²) in [4.78, 5) is 4.48. The minimum absolute atomic E-state index is 0.0729. The van der Waals surface area contributed by atoms with Crippen LogP contribution in [0.3, 0.4) is 0 Å². The van der Waals surface area contributed by atoms with Gasteiger partial charge < -0.3 is 15.3 Å². The van der Waals surface area contributed by atoms with Crippen molar-refractivity contribution in [2.75, 3.05) is 5.73 Å². The molecule has 0 radical (unpaired) electrons. The van der Waals surface area contributed by atoms with E-state index in [1.165, 1.54) is 11.6 Å². The number of anilines is 1. The number of aromatic hydroxyl groups is 1. The molecule has 0 aliphatic rings. The topological polar surface area (TPSA) is 72.3 Å². The van der Waals surface area contributed by atoms with E-state index in [4.69, 9.17) is 10.2 Å². The van der Waals surface area contributed by atoms with Gasteiger partial charge in [0.05, 0.1) is 5.56 Å². The van der Waals surface area contributed by atoms with Crippen LogP contribution in [-0.2, 0) is 0 Å². The Kier molecular flexibility index (Phi) is 3.29. The first kappa shape index (κ1) is 13.5. The molecule has 0 aliphatic heterocycles. The third-order valence-corrected chi connectivity index (χ3v) is 3.85. The van der Waals surface area contributed by atoms with Gasteiger partial charge in [0.1, 0.15) is 11.3 Å². The fourth-order valence-corrected chi connectivity index (χ4v) is 2.33. The second kappa shape index (κ2) is 5.13. The van der Waals surface area contributed by atoms with Crippen molar-refractivity contribution < 1.29 is 9.52 Å². The summed E-state index contributed by atoms with van der Waals surface area (Å²) in [6.07, 6.45) is 1.08. The van der Waals surface area contributed by atoms with Gasteiger partial charge in [0.15, 0.2) is 5.58 Å². The van der Waals surface area contributed by atoms with Gasteiger partial charge in [-0.15, -0.1) is 0 Å². The number of benzene rings is 2. The number of nitrogens with two attached hydrogens (primary N) is 1. The summed E-state index contributed by atoms with van der Waals surface area (Å²) in [6.45, 7) is 4.35. The normalized spacial score (nSPS) is 12.7. The highest BCUT2D eigenvalue weighted by molar-refractivity contribution is 5.78. The number of aromatic nitrogens is 1. The summed E-state index contributed by atoms with van der Waals surface area (Å²) in [5, 5.41) is 9.97. The van der Waals surface area contributed by atoms with E-state index in [0.29, 0.717) is 28.6 Å². The van der Waals surface area contributed by atoms with Crippen molar-refractivity contribution in [3.05, 3.63) is 42.0 Å². The molecular weight excluding hydrogens is 264 g/mol. The first-order valence-electron chi connectivity index (χ1n) is 7.08. The van der Waals surface area contributed by atoms with Crippen molar-refractivity contribution in [1.29, 1.82) is 0 Å². The molecular formula is C17H18N2O2. The van der Waals surface area contributed by atoms with E-state index in [-0.39, 0.29) is 5.75 Å². The molecule has 108 valence electrons. The summed E-state index contributed by atoms with van der Waals surface area (Å²) >= 11 is 0. The van der Waals surface area contributed by atoms with Gasteiger partial charge in [0.2, 0.25) is 5.89 Å². The molecule has 0 amide bonds. The van der Waals surface area contributed by atoms with Crippen LogP contribution in [0.2, 0.25) is 0 Å². The zero-order chi connectivity index (χ0) is 15.0. The number of oxazole rings is 1. The zero-order valence-corrected chi connectivity index (χ0v) is 12.1. The number of nitrogens with zero attached hydrogens (tertiary/aromatic N) is 1. The Hall–Kier alpha value is -2.49. The Morgan fingerprint density at radius 2 is 2.05 bits per heavy atom. The quantitative estimate of drug-likeness (QED) is 0.703. The lowest BCUT2D eigenvalue weighted by Crippen LogP contribution is -1.90. The molecule has 4 heteroatoms. The standard InChI is InChI=1S/C17H18N2O2/c1-3-10(2)11-4-7-16-14(8-11)19-17(21-16)13-6-5-12(18)9-15(13)20/h4-10,20H,3,18H2,1-2H3/t10-/m1/s1. The van der Waals surface area contributed by atoms with E-state index in [1.54, 1.807) is 12.1 Å². The van der Waals surface area contributed by atoms with Gasteiger partial charge >= 0.3 is 0 Å². The molecule has 3 rings (SSSR count). The van der Waals surface area contributed by atoms with Gasteiger partial charge in [0, 0.05) is 11.8 Å². The molecule has 4 nitrogen and oxygen atoms in total. The van der Waals surface area contributed by atoms with E-state index in [1.807, 2.05) is 12.1 Å². The highest BCUT2D eigenvalue weighted by Gasteiger charge is 2.13. The van der Waals surface area contributed by atoms with Crippen LogP contribution in [-0.4, -0.2) is 10.1 Å². The average Bonchev–Trinajstić information content (AvgIpc) is 2.88. The second-order valence-electron chi connectivity index (χ2n) is 5.33. The molecule has 3 N–H and O–H groups in total. The van der Waals surface area contributed by atoms with Gasteiger partial charge in [-0.3, -0.25) is 0 Å². The molecule has 0 aliphatic carbocycles. The van der Waals surface area contributed by atoms with Crippen LogP contribution in [0.15, 0.2) is 40.8 Å². The third kappa shape index (κ3) is 2.44. The smallest absolute Gasteiger partial charge is 0.231 e. The number of nitrogen functional groups attached to an aromatic ring is 1. The van der Waals surface area contributed by atoms with Crippen LogP contribution in [0.4, 0.5) is 5.69 Å². The van der Waals surface area contributed by atoms with Gasteiger partial charge in [-0.25, -0.2) is 4.98 Å². The van der Waals surface area contributed by atoms with Crippen LogP contribution in [0, 0.1) is 0 Å². The Labute approximate surface area is 123 Å². The van der Waals surface area contributed by atoms with Gasteiger partial charge in [-0.2, -0.15) is 0 Å². The number of hydrogen-bond acceptors (Lipinski definition) is 4. The Morgan fingerprint density at radius 1 is 1.24 bits per heavy atom. The van der Waals surface area contributed by atoms with E-state index >= 15 is 0 Å². The largest absolute Gasteiger partial charge is 0.507 e. The fourth-order valence-electron chi connectivity index (χ4n) is 2.33. The second-order valence-corrected chi connectivity index (χ2v) is 5.33. The zero-order valence-electron chi connectivity index (χ0n) is 12.1. The Balaban J connectivity index is 2.08. The summed E-state index contributed by atoms with van der Waals surface area (Å²) in [6, 6.07) is 11.0. The molecule has 2 aromatic carbocycles. The SMILES string of the molecule is CC[C@@H](C)c1ccc2oc(-c3ccc(N)cc3O)nc2c1. The number of hydrogen-bond donors (Lipinski definition) is 2. The minimum Gasteiger partial charge on any atom is -0.507 e. The van der Waals surface area contributed by atoms with Crippen molar-refractivity contribution >= 4 is 16.8 Å². The monoisotopic (exact) mass is 282 g/mol. The molecule has 0 spiro atoms. The first-order valence-corrected chi connectivity index (χ1v) is 7.08. The van der Waals surface area contributed by atoms with Crippen LogP contribution in [0.1, 0.15) is 31.7 Å². The molecule has 1 heterocycles. The molecule has 1 atom stereocenters. The maximum absolute atomic E-state index is 9.97. The first-order chi connectivity index (χ1) is 10.1. The molecule has 3 aromatic rings. The lowest BCUT2D eigenvalue weighted by molar-refractivity contribution is 0.474. The number of phenolic OH excluding ortho intramolecular Hbond substituents is 1. The highest BCUT2D eigenvalue weighted by Crippen LogP contribution is 2.33. The molecule has 0 bridgehead atoms. The van der Waals surface area contributed by atoms with E-state index in [2.05, 4.69) is 24.9 Å². The summed E-state index contributed by atoms with van der Waals surface area (Å²) in [5.74, 6) is 0.965. The van der Waals surface area contributed by atoms with Gasteiger partial charge in [-0.1, -0.05) is 19.9 Å². The summed E-state index contributed by atoms with van der Waals surface area (Å²) in [7, 11) is 0.